The molecule has 4 nitrogen and oxygen atoms in total. The van der Waals surface area contributed by atoms with Crippen molar-refractivity contribution in [2.24, 2.45) is 5.73 Å². The molecule has 2 atom stereocenters. The first kappa shape index (κ1) is 16.2. The molecule has 3 N–H and O–H groups in total. The molecular weight excluding hydrogens is 304 g/mol. The zero-order valence-electron chi connectivity index (χ0n) is 12.1. The van der Waals surface area contributed by atoms with Crippen LogP contribution in [0.3, 0.4) is 0 Å². The summed E-state index contributed by atoms with van der Waals surface area (Å²) >= 11 is 1.63. The van der Waals surface area contributed by atoms with Crippen LogP contribution in [0.15, 0.2) is 46.7 Å². The van der Waals surface area contributed by atoms with Gasteiger partial charge < -0.3 is 5.73 Å². The Hall–Kier alpha value is -1.21. The Morgan fingerprint density at radius 3 is 2.62 bits per heavy atom. The lowest BCUT2D eigenvalue weighted by Gasteiger charge is -2.14. The van der Waals surface area contributed by atoms with E-state index in [2.05, 4.69) is 4.72 Å². The van der Waals surface area contributed by atoms with E-state index in [9.17, 15) is 8.42 Å². The molecule has 6 heteroatoms. The number of rotatable bonds is 6. The average Bonchev–Trinajstić information content (AvgIpc) is 2.91. The zero-order chi connectivity index (χ0) is 15.5. The molecule has 0 saturated carbocycles. The molecule has 1 aromatic carbocycles. The standard InChI is InChI=1S/C15H20N2O2S2/c1-11(9-14-6-4-8-20-14)17-21(18,19)15-7-3-5-13(10-15)12(2)16/h3-8,10-12,17H,9,16H2,1-2H3. The highest BCUT2D eigenvalue weighted by molar-refractivity contribution is 7.89. The summed E-state index contributed by atoms with van der Waals surface area (Å²) in [6.07, 6.45) is 0.684. The van der Waals surface area contributed by atoms with Crippen LogP contribution in [0.25, 0.3) is 0 Å². The molecule has 0 aliphatic rings. The third kappa shape index (κ3) is 4.38. The number of nitrogens with one attached hydrogen (secondary N) is 1. The van der Waals surface area contributed by atoms with Gasteiger partial charge in [0.1, 0.15) is 0 Å². The van der Waals surface area contributed by atoms with Crippen LogP contribution in [0.2, 0.25) is 0 Å². The van der Waals surface area contributed by atoms with Gasteiger partial charge in [0.25, 0.3) is 0 Å². The van der Waals surface area contributed by atoms with E-state index in [1.54, 1.807) is 29.5 Å². The first-order valence-electron chi connectivity index (χ1n) is 6.79. The van der Waals surface area contributed by atoms with Gasteiger partial charge in [0.2, 0.25) is 10.0 Å². The fraction of sp³-hybridized carbons (Fsp3) is 0.333. The Morgan fingerprint density at radius 2 is 2.00 bits per heavy atom. The maximum Gasteiger partial charge on any atom is 0.240 e. The minimum absolute atomic E-state index is 0.160. The monoisotopic (exact) mass is 324 g/mol. The molecule has 114 valence electrons. The fourth-order valence-corrected chi connectivity index (χ4v) is 4.20. The number of sulfonamides is 1. The second-order valence-corrected chi connectivity index (χ2v) is 7.91. The summed E-state index contributed by atoms with van der Waals surface area (Å²) in [6.45, 7) is 3.70. The van der Waals surface area contributed by atoms with Crippen LogP contribution >= 0.6 is 11.3 Å². The summed E-state index contributed by atoms with van der Waals surface area (Å²) in [5.41, 5.74) is 6.61. The van der Waals surface area contributed by atoms with Crippen molar-refractivity contribution < 1.29 is 8.42 Å². The van der Waals surface area contributed by atoms with Crippen molar-refractivity contribution >= 4 is 21.4 Å². The summed E-state index contributed by atoms with van der Waals surface area (Å²) in [4.78, 5) is 1.42. The van der Waals surface area contributed by atoms with Crippen LogP contribution in [-0.4, -0.2) is 14.5 Å². The molecule has 0 saturated heterocycles. The minimum Gasteiger partial charge on any atom is -0.324 e. The minimum atomic E-state index is -3.52. The molecule has 1 aromatic heterocycles. The maximum absolute atomic E-state index is 12.4. The molecular formula is C15H20N2O2S2. The lowest BCUT2D eigenvalue weighted by atomic mass is 10.1. The van der Waals surface area contributed by atoms with E-state index >= 15 is 0 Å². The van der Waals surface area contributed by atoms with E-state index in [1.807, 2.05) is 37.4 Å². The molecule has 0 fully saturated rings. The van der Waals surface area contributed by atoms with E-state index in [0.717, 1.165) is 10.4 Å². The van der Waals surface area contributed by atoms with Crippen LogP contribution in [0.1, 0.15) is 30.3 Å². The number of benzene rings is 1. The van der Waals surface area contributed by atoms with Crippen molar-refractivity contribution in [2.45, 2.75) is 37.2 Å². The highest BCUT2D eigenvalue weighted by Crippen LogP contribution is 2.17. The van der Waals surface area contributed by atoms with Crippen LogP contribution in [-0.2, 0) is 16.4 Å². The van der Waals surface area contributed by atoms with E-state index in [-0.39, 0.29) is 17.0 Å². The summed E-state index contributed by atoms with van der Waals surface area (Å²) in [5, 5.41) is 1.99. The van der Waals surface area contributed by atoms with Gasteiger partial charge >= 0.3 is 0 Å². The third-order valence-electron chi connectivity index (χ3n) is 3.14. The maximum atomic E-state index is 12.4. The number of hydrogen-bond acceptors (Lipinski definition) is 4. The van der Waals surface area contributed by atoms with Crippen molar-refractivity contribution in [3.8, 4) is 0 Å². The van der Waals surface area contributed by atoms with Crippen molar-refractivity contribution in [1.29, 1.82) is 0 Å². The summed E-state index contributed by atoms with van der Waals surface area (Å²) in [6, 6.07) is 10.4. The molecule has 2 rings (SSSR count). The number of hydrogen-bond donors (Lipinski definition) is 2. The molecule has 0 aliphatic heterocycles. The zero-order valence-corrected chi connectivity index (χ0v) is 13.7. The number of nitrogens with two attached hydrogens (primary N) is 1. The van der Waals surface area contributed by atoms with Gasteiger partial charge in [0.05, 0.1) is 4.90 Å². The van der Waals surface area contributed by atoms with Gasteiger partial charge in [0, 0.05) is 17.0 Å². The van der Waals surface area contributed by atoms with E-state index in [0.29, 0.717) is 6.42 Å². The Balaban J connectivity index is 2.12. The average molecular weight is 324 g/mol. The Labute approximate surface area is 130 Å². The van der Waals surface area contributed by atoms with Crippen LogP contribution in [0.4, 0.5) is 0 Å². The fourth-order valence-electron chi connectivity index (χ4n) is 2.07. The Kier molecular flexibility index (Phi) is 5.16. The van der Waals surface area contributed by atoms with Crippen molar-refractivity contribution in [2.75, 3.05) is 0 Å². The highest BCUT2D eigenvalue weighted by Gasteiger charge is 2.18. The second kappa shape index (κ2) is 6.70. The van der Waals surface area contributed by atoms with Crippen molar-refractivity contribution in [3.05, 3.63) is 52.2 Å². The number of thiophene rings is 1. The molecule has 0 aliphatic carbocycles. The SMILES string of the molecule is CC(Cc1cccs1)NS(=O)(=O)c1cccc(C(C)N)c1. The first-order valence-corrected chi connectivity index (χ1v) is 9.15. The van der Waals surface area contributed by atoms with Crippen LogP contribution in [0.5, 0.6) is 0 Å². The molecule has 0 radical (unpaired) electrons. The van der Waals surface area contributed by atoms with Gasteiger partial charge in [-0.3, -0.25) is 0 Å². The lowest BCUT2D eigenvalue weighted by Crippen LogP contribution is -2.34. The molecule has 2 aromatic rings. The molecule has 0 amide bonds. The van der Waals surface area contributed by atoms with Gasteiger partial charge in [-0.1, -0.05) is 18.2 Å². The molecule has 2 unspecified atom stereocenters. The van der Waals surface area contributed by atoms with Gasteiger partial charge in [-0.2, -0.15) is 0 Å². The molecule has 0 spiro atoms. The van der Waals surface area contributed by atoms with Gasteiger partial charge in [-0.25, -0.2) is 13.1 Å². The quantitative estimate of drug-likeness (QED) is 0.858. The summed E-state index contributed by atoms with van der Waals surface area (Å²) in [7, 11) is -3.52. The van der Waals surface area contributed by atoms with Crippen molar-refractivity contribution in [3.63, 3.8) is 0 Å². The van der Waals surface area contributed by atoms with E-state index in [4.69, 9.17) is 5.73 Å². The first-order chi connectivity index (χ1) is 9.88. The predicted molar refractivity (Wildman–Crippen MR) is 86.9 cm³/mol. The normalized spacial score (nSPS) is 14.8. The van der Waals surface area contributed by atoms with Crippen LogP contribution < -0.4 is 10.5 Å². The van der Waals surface area contributed by atoms with Gasteiger partial charge in [-0.05, 0) is 49.4 Å². The Morgan fingerprint density at radius 1 is 1.24 bits per heavy atom. The Bertz CT molecular complexity index is 679. The molecule has 21 heavy (non-hydrogen) atoms. The van der Waals surface area contributed by atoms with E-state index in [1.165, 1.54) is 0 Å². The highest BCUT2D eigenvalue weighted by atomic mass is 32.2. The lowest BCUT2D eigenvalue weighted by molar-refractivity contribution is 0.560. The van der Waals surface area contributed by atoms with Crippen molar-refractivity contribution in [1.82, 2.24) is 4.72 Å². The van der Waals surface area contributed by atoms with E-state index < -0.39 is 10.0 Å². The van der Waals surface area contributed by atoms with Gasteiger partial charge in [-0.15, -0.1) is 11.3 Å². The van der Waals surface area contributed by atoms with Gasteiger partial charge in [0.15, 0.2) is 0 Å². The second-order valence-electron chi connectivity index (χ2n) is 5.17. The predicted octanol–water partition coefficient (Wildman–Crippen LogP) is 2.68. The smallest absolute Gasteiger partial charge is 0.240 e. The summed E-state index contributed by atoms with van der Waals surface area (Å²) < 4.78 is 27.5. The molecule has 0 bridgehead atoms. The van der Waals surface area contributed by atoms with Crippen LogP contribution in [0, 0.1) is 0 Å². The third-order valence-corrected chi connectivity index (χ3v) is 5.62. The topological polar surface area (TPSA) is 72.2 Å². The summed E-state index contributed by atoms with van der Waals surface area (Å²) in [5.74, 6) is 0. The largest absolute Gasteiger partial charge is 0.324 e. The molecule has 1 heterocycles.